The summed E-state index contributed by atoms with van der Waals surface area (Å²) in [5.74, 6) is 1.06. The van der Waals surface area contributed by atoms with E-state index in [0.717, 1.165) is 44.1 Å². The van der Waals surface area contributed by atoms with E-state index in [1.165, 1.54) is 5.56 Å². The zero-order valence-corrected chi connectivity index (χ0v) is 11.6. The lowest BCUT2D eigenvalue weighted by atomic mass is 10.1. The molecule has 0 spiro atoms. The first-order valence-corrected chi connectivity index (χ1v) is 6.69. The monoisotopic (exact) mass is 249 g/mol. The number of hydrogen-bond donors (Lipinski definition) is 1. The lowest BCUT2D eigenvalue weighted by Crippen LogP contribution is -2.32. The van der Waals surface area contributed by atoms with Crippen molar-refractivity contribution in [2.24, 2.45) is 0 Å². The Labute approximate surface area is 109 Å². The number of nitrogens with one attached hydrogen (secondary N) is 1. The van der Waals surface area contributed by atoms with E-state index in [9.17, 15) is 0 Å². The maximum Gasteiger partial charge on any atom is 0.129 e. The molecule has 1 unspecified atom stereocenters. The average molecular weight is 249 g/mol. The van der Waals surface area contributed by atoms with Gasteiger partial charge in [-0.3, -0.25) is 0 Å². The molecule has 2 heterocycles. The van der Waals surface area contributed by atoms with Gasteiger partial charge in [0, 0.05) is 25.9 Å². The summed E-state index contributed by atoms with van der Waals surface area (Å²) < 4.78 is 5.45. The van der Waals surface area contributed by atoms with Crippen molar-refractivity contribution in [1.82, 2.24) is 10.3 Å². The average Bonchev–Trinajstić information content (AvgIpc) is 2.91. The third-order valence-corrected chi connectivity index (χ3v) is 3.48. The van der Waals surface area contributed by atoms with E-state index < -0.39 is 0 Å². The summed E-state index contributed by atoms with van der Waals surface area (Å²) in [6.45, 7) is 4.72. The van der Waals surface area contributed by atoms with Crippen LogP contribution in [-0.2, 0) is 17.7 Å². The number of aryl methyl sites for hydroxylation is 1. The third-order valence-electron chi connectivity index (χ3n) is 3.48. The van der Waals surface area contributed by atoms with Crippen LogP contribution in [0.15, 0.2) is 12.1 Å². The van der Waals surface area contributed by atoms with Crippen LogP contribution in [0.2, 0.25) is 0 Å². The van der Waals surface area contributed by atoms with Crippen LogP contribution in [0.25, 0.3) is 0 Å². The maximum atomic E-state index is 5.45. The minimum Gasteiger partial charge on any atom is -0.379 e. The minimum absolute atomic E-state index is 0.465. The van der Waals surface area contributed by atoms with Crippen molar-refractivity contribution in [2.75, 3.05) is 32.2 Å². The molecule has 4 nitrogen and oxygen atoms in total. The van der Waals surface area contributed by atoms with Crippen molar-refractivity contribution >= 4 is 5.82 Å². The Morgan fingerprint density at radius 2 is 2.33 bits per heavy atom. The molecule has 0 radical (unpaired) electrons. The summed E-state index contributed by atoms with van der Waals surface area (Å²) in [5.41, 5.74) is 2.45. The van der Waals surface area contributed by atoms with Gasteiger partial charge < -0.3 is 15.0 Å². The molecule has 1 N–H and O–H groups in total. The van der Waals surface area contributed by atoms with Crippen LogP contribution in [0.1, 0.15) is 24.6 Å². The van der Waals surface area contributed by atoms with Crippen molar-refractivity contribution in [2.45, 2.75) is 32.4 Å². The van der Waals surface area contributed by atoms with Crippen LogP contribution >= 0.6 is 0 Å². The molecular formula is C14H23N3O. The first kappa shape index (κ1) is 13.3. The fourth-order valence-electron chi connectivity index (χ4n) is 2.32. The van der Waals surface area contributed by atoms with Crippen LogP contribution in [0, 0.1) is 0 Å². The van der Waals surface area contributed by atoms with Crippen molar-refractivity contribution in [3.8, 4) is 0 Å². The van der Waals surface area contributed by atoms with Crippen LogP contribution in [-0.4, -0.2) is 38.3 Å². The maximum absolute atomic E-state index is 5.45. The van der Waals surface area contributed by atoms with E-state index in [4.69, 9.17) is 9.72 Å². The van der Waals surface area contributed by atoms with Crippen molar-refractivity contribution in [3.05, 3.63) is 23.4 Å². The van der Waals surface area contributed by atoms with Crippen LogP contribution in [0.4, 0.5) is 5.82 Å². The molecule has 0 bridgehead atoms. The predicted molar refractivity (Wildman–Crippen MR) is 74.0 cm³/mol. The number of rotatable bonds is 5. The molecule has 1 aromatic heterocycles. The van der Waals surface area contributed by atoms with Crippen molar-refractivity contribution in [3.63, 3.8) is 0 Å². The number of aromatic nitrogens is 1. The minimum atomic E-state index is 0.465. The van der Waals surface area contributed by atoms with E-state index in [0.29, 0.717) is 6.04 Å². The smallest absolute Gasteiger partial charge is 0.129 e. The van der Waals surface area contributed by atoms with Crippen molar-refractivity contribution < 1.29 is 4.74 Å². The molecule has 4 heteroatoms. The Morgan fingerprint density at radius 3 is 2.94 bits per heavy atom. The lowest BCUT2D eigenvalue weighted by Gasteiger charge is -2.25. The lowest BCUT2D eigenvalue weighted by molar-refractivity contribution is 0.193. The fraction of sp³-hybridized carbons (Fsp3) is 0.643. The summed E-state index contributed by atoms with van der Waals surface area (Å²) >= 11 is 0. The zero-order valence-electron chi connectivity index (χ0n) is 11.6. The standard InChI is InChI=1S/C14H23N3O/c1-4-12-7-11(9-15-2)8-14(16-12)17(3)13-5-6-18-10-13/h7-8,13,15H,4-6,9-10H2,1-3H3. The van der Waals surface area contributed by atoms with E-state index in [1.54, 1.807) is 0 Å². The van der Waals surface area contributed by atoms with Crippen molar-refractivity contribution in [1.29, 1.82) is 0 Å². The fourth-order valence-corrected chi connectivity index (χ4v) is 2.32. The van der Waals surface area contributed by atoms with Gasteiger partial charge in [-0.1, -0.05) is 6.92 Å². The molecule has 100 valence electrons. The number of likely N-dealkylation sites (N-methyl/N-ethyl adjacent to an activating group) is 1. The predicted octanol–water partition coefficient (Wildman–Crippen LogP) is 1.59. The van der Waals surface area contributed by atoms with E-state index in [-0.39, 0.29) is 0 Å². The first-order chi connectivity index (χ1) is 8.74. The molecule has 1 aliphatic heterocycles. The highest BCUT2D eigenvalue weighted by atomic mass is 16.5. The van der Waals surface area contributed by atoms with Crippen LogP contribution < -0.4 is 10.2 Å². The Bertz CT molecular complexity index is 389. The van der Waals surface area contributed by atoms with Gasteiger partial charge in [-0.2, -0.15) is 0 Å². The second kappa shape index (κ2) is 6.16. The Kier molecular flexibility index (Phi) is 4.55. The summed E-state index contributed by atoms with van der Waals surface area (Å²) in [6, 6.07) is 4.82. The van der Waals surface area contributed by atoms with Gasteiger partial charge in [-0.15, -0.1) is 0 Å². The Balaban J connectivity index is 2.21. The number of hydrogen-bond acceptors (Lipinski definition) is 4. The molecule has 0 aliphatic carbocycles. The van der Waals surface area contributed by atoms with Gasteiger partial charge in [0.25, 0.3) is 0 Å². The summed E-state index contributed by atoms with van der Waals surface area (Å²) in [4.78, 5) is 6.98. The number of nitrogens with zero attached hydrogens (tertiary/aromatic N) is 2. The summed E-state index contributed by atoms with van der Waals surface area (Å²) in [6.07, 6.45) is 2.06. The third kappa shape index (κ3) is 3.00. The van der Waals surface area contributed by atoms with Gasteiger partial charge >= 0.3 is 0 Å². The van der Waals surface area contributed by atoms with Gasteiger partial charge in [0.15, 0.2) is 0 Å². The molecule has 1 aliphatic rings. The largest absolute Gasteiger partial charge is 0.379 e. The molecule has 0 amide bonds. The number of anilines is 1. The molecular weight excluding hydrogens is 226 g/mol. The van der Waals surface area contributed by atoms with Crippen LogP contribution in [0.3, 0.4) is 0 Å². The highest BCUT2D eigenvalue weighted by Gasteiger charge is 2.21. The highest BCUT2D eigenvalue weighted by Crippen LogP contribution is 2.20. The Hall–Kier alpha value is -1.13. The van der Waals surface area contributed by atoms with Crippen LogP contribution in [0.5, 0.6) is 0 Å². The van der Waals surface area contributed by atoms with E-state index >= 15 is 0 Å². The SMILES string of the molecule is CCc1cc(CNC)cc(N(C)C2CCOC2)n1. The van der Waals surface area contributed by atoms with E-state index in [1.807, 2.05) is 7.05 Å². The second-order valence-corrected chi connectivity index (χ2v) is 4.84. The molecule has 18 heavy (non-hydrogen) atoms. The molecule has 1 atom stereocenters. The summed E-state index contributed by atoms with van der Waals surface area (Å²) in [5, 5.41) is 3.20. The summed E-state index contributed by atoms with van der Waals surface area (Å²) in [7, 11) is 4.09. The molecule has 0 aromatic carbocycles. The Morgan fingerprint density at radius 1 is 1.50 bits per heavy atom. The number of pyridine rings is 1. The topological polar surface area (TPSA) is 37.4 Å². The van der Waals surface area contributed by atoms with Gasteiger partial charge in [-0.25, -0.2) is 4.98 Å². The molecule has 1 saturated heterocycles. The number of ether oxygens (including phenoxy) is 1. The van der Waals surface area contributed by atoms with Gasteiger partial charge in [0.1, 0.15) is 5.82 Å². The normalized spacial score (nSPS) is 19.2. The van der Waals surface area contributed by atoms with Gasteiger partial charge in [-0.05, 0) is 37.6 Å². The van der Waals surface area contributed by atoms with E-state index in [2.05, 4.69) is 36.3 Å². The molecule has 1 aromatic rings. The van der Waals surface area contributed by atoms with Gasteiger partial charge in [0.2, 0.25) is 0 Å². The first-order valence-electron chi connectivity index (χ1n) is 6.69. The van der Waals surface area contributed by atoms with Gasteiger partial charge in [0.05, 0.1) is 12.6 Å². The molecule has 0 saturated carbocycles. The quantitative estimate of drug-likeness (QED) is 0.860. The zero-order chi connectivity index (χ0) is 13.0. The molecule has 1 fully saturated rings. The highest BCUT2D eigenvalue weighted by molar-refractivity contribution is 5.43. The second-order valence-electron chi connectivity index (χ2n) is 4.84. The molecule has 2 rings (SSSR count).